The maximum absolute atomic E-state index is 10.3. The van der Waals surface area contributed by atoms with E-state index >= 15 is 0 Å². The number of esters is 1. The van der Waals surface area contributed by atoms with Crippen molar-refractivity contribution in [2.24, 2.45) is 0 Å². The molecule has 0 aliphatic carbocycles. The van der Waals surface area contributed by atoms with Crippen LogP contribution in [-0.2, 0) is 14.3 Å². The van der Waals surface area contributed by atoms with Crippen LogP contribution in [0.25, 0.3) is 0 Å². The van der Waals surface area contributed by atoms with Crippen molar-refractivity contribution in [3.8, 4) is 0 Å². The van der Waals surface area contributed by atoms with E-state index in [0.29, 0.717) is 0 Å². The molecule has 0 aromatic carbocycles. The zero-order chi connectivity index (χ0) is 7.98. The van der Waals surface area contributed by atoms with Gasteiger partial charge in [0.15, 0.2) is 0 Å². The largest absolute Gasteiger partial charge is 0.481 e. The molecule has 11 heavy (non-hydrogen) atoms. The Hall–Kier alpha value is -1.36. The molecule has 0 atom stereocenters. The fourth-order valence-electron chi connectivity index (χ4n) is 0.298. The monoisotopic (exact) mass is 162 g/mol. The second kappa shape index (κ2) is 6.76. The molecule has 0 bridgehead atoms. The Morgan fingerprint density at radius 2 is 2.09 bits per heavy atom. The molecule has 0 saturated heterocycles. The van der Waals surface area contributed by atoms with Gasteiger partial charge in [0.2, 0.25) is 0 Å². The molecule has 5 heteroatoms. The molecule has 0 unspecified atom stereocenters. The third-order valence-electron chi connectivity index (χ3n) is 0.727. The van der Waals surface area contributed by atoms with E-state index in [2.05, 4.69) is 11.3 Å². The first-order valence-electron chi connectivity index (χ1n) is 2.68. The van der Waals surface area contributed by atoms with E-state index in [1.807, 2.05) is 0 Å². The summed E-state index contributed by atoms with van der Waals surface area (Å²) in [6.07, 6.45) is 0.821. The van der Waals surface area contributed by atoms with Crippen molar-refractivity contribution < 1.29 is 24.9 Å². The topological polar surface area (TPSA) is 95.1 Å². The van der Waals surface area contributed by atoms with Gasteiger partial charge in [-0.2, -0.15) is 0 Å². The van der Waals surface area contributed by atoms with Gasteiger partial charge in [-0.05, 0) is 0 Å². The molecule has 0 saturated carbocycles. The molecule has 0 spiro atoms. The van der Waals surface area contributed by atoms with E-state index in [0.717, 1.165) is 6.08 Å². The van der Waals surface area contributed by atoms with Crippen molar-refractivity contribution in [1.82, 2.24) is 0 Å². The quantitative estimate of drug-likeness (QED) is 0.439. The second-order valence-electron chi connectivity index (χ2n) is 1.52. The van der Waals surface area contributed by atoms with Crippen LogP contribution in [0.5, 0.6) is 0 Å². The molecule has 0 rings (SSSR count). The Balaban J connectivity index is 0. The number of carbonyl (C=O) groups is 2. The highest BCUT2D eigenvalue weighted by Crippen LogP contribution is 1.83. The average molecular weight is 162 g/mol. The van der Waals surface area contributed by atoms with Crippen molar-refractivity contribution in [2.75, 3.05) is 6.61 Å². The van der Waals surface area contributed by atoms with Crippen molar-refractivity contribution in [3.63, 3.8) is 0 Å². The van der Waals surface area contributed by atoms with Crippen molar-refractivity contribution in [1.29, 1.82) is 0 Å². The highest BCUT2D eigenvalue weighted by Gasteiger charge is 1.98. The van der Waals surface area contributed by atoms with Crippen LogP contribution in [0.15, 0.2) is 12.7 Å². The predicted octanol–water partition coefficient (Wildman–Crippen LogP) is -0.634. The number of carboxylic acids is 1. The summed E-state index contributed by atoms with van der Waals surface area (Å²) in [6, 6.07) is 0. The lowest BCUT2D eigenvalue weighted by atomic mass is 10.5. The van der Waals surface area contributed by atoms with E-state index in [4.69, 9.17) is 5.11 Å². The number of ether oxygens (including phenoxy) is 1. The summed E-state index contributed by atoms with van der Waals surface area (Å²) in [5.41, 5.74) is 0. The summed E-state index contributed by atoms with van der Waals surface area (Å²) < 4.78 is 4.36. The maximum Gasteiger partial charge on any atom is 0.330 e. The van der Waals surface area contributed by atoms with Crippen LogP contribution in [0.2, 0.25) is 0 Å². The molecule has 64 valence electrons. The predicted molar refractivity (Wildman–Crippen MR) is 37.0 cm³/mol. The molecule has 3 N–H and O–H groups in total. The fourth-order valence-corrected chi connectivity index (χ4v) is 0.298. The molecule has 0 aromatic heterocycles. The first-order valence-corrected chi connectivity index (χ1v) is 2.68. The average Bonchev–Trinajstić information content (AvgIpc) is 1.87. The summed E-state index contributed by atoms with van der Waals surface area (Å²) in [4.78, 5) is 20.1. The highest BCUT2D eigenvalue weighted by molar-refractivity contribution is 5.81. The first-order chi connectivity index (χ1) is 4.66. The molecule has 5 nitrogen and oxygen atoms in total. The van der Waals surface area contributed by atoms with Gasteiger partial charge in [-0.3, -0.25) is 4.79 Å². The van der Waals surface area contributed by atoms with Crippen LogP contribution in [0.3, 0.4) is 0 Å². The number of hydrogen-bond acceptors (Lipinski definition) is 3. The van der Waals surface area contributed by atoms with E-state index in [1.54, 1.807) is 0 Å². The minimum Gasteiger partial charge on any atom is -0.481 e. The van der Waals surface area contributed by atoms with Crippen LogP contribution < -0.4 is 0 Å². The third-order valence-corrected chi connectivity index (χ3v) is 0.727. The van der Waals surface area contributed by atoms with Gasteiger partial charge in [-0.1, -0.05) is 6.58 Å². The number of carboxylic acid groups (broad SMARTS) is 1. The summed E-state index contributed by atoms with van der Waals surface area (Å²) >= 11 is 0. The number of rotatable bonds is 4. The van der Waals surface area contributed by atoms with E-state index in [-0.39, 0.29) is 18.5 Å². The Morgan fingerprint density at radius 1 is 1.55 bits per heavy atom. The zero-order valence-corrected chi connectivity index (χ0v) is 5.87. The first kappa shape index (κ1) is 12.3. The number of carbonyl (C=O) groups excluding carboxylic acids is 1. The van der Waals surface area contributed by atoms with Crippen molar-refractivity contribution in [3.05, 3.63) is 12.7 Å². The van der Waals surface area contributed by atoms with E-state index < -0.39 is 11.9 Å². The highest BCUT2D eigenvalue weighted by atomic mass is 16.5. The molecule has 0 amide bonds. The molecule has 0 aromatic rings. The second-order valence-corrected chi connectivity index (χ2v) is 1.52. The van der Waals surface area contributed by atoms with Gasteiger partial charge < -0.3 is 15.3 Å². The molecule has 0 radical (unpaired) electrons. The van der Waals surface area contributed by atoms with Crippen LogP contribution in [0.4, 0.5) is 0 Å². The fraction of sp³-hybridized carbons (Fsp3) is 0.333. The summed E-state index contributed by atoms with van der Waals surface area (Å²) in [5.74, 6) is -1.59. The molecular weight excluding hydrogens is 152 g/mol. The number of aliphatic carboxylic acids is 1. The van der Waals surface area contributed by atoms with Gasteiger partial charge in [0.05, 0.1) is 6.42 Å². The lowest BCUT2D eigenvalue weighted by Gasteiger charge is -1.96. The molecule has 0 aliphatic rings. The van der Waals surface area contributed by atoms with Crippen LogP contribution in [-0.4, -0.2) is 29.1 Å². The lowest BCUT2D eigenvalue weighted by molar-refractivity contribution is -0.142. The van der Waals surface area contributed by atoms with Crippen LogP contribution in [0, 0.1) is 0 Å². The standard InChI is InChI=1S/C6H8O4.H2O/c1-2-6(9)10-4-3-5(7)8;/h2H,1,3-4H2,(H,7,8);1H2. The Bertz CT molecular complexity index is 151. The van der Waals surface area contributed by atoms with Crippen molar-refractivity contribution in [2.45, 2.75) is 6.42 Å². The smallest absolute Gasteiger partial charge is 0.330 e. The Morgan fingerprint density at radius 3 is 2.45 bits per heavy atom. The van der Waals surface area contributed by atoms with Gasteiger partial charge >= 0.3 is 11.9 Å². The lowest BCUT2D eigenvalue weighted by Crippen LogP contribution is -2.06. The van der Waals surface area contributed by atoms with Gasteiger partial charge in [0.25, 0.3) is 0 Å². The normalized spacial score (nSPS) is 7.64. The molecular formula is C6H10O5. The van der Waals surface area contributed by atoms with E-state index in [9.17, 15) is 9.59 Å². The van der Waals surface area contributed by atoms with Gasteiger partial charge in [0.1, 0.15) is 6.61 Å². The third kappa shape index (κ3) is 8.64. The van der Waals surface area contributed by atoms with Crippen LogP contribution >= 0.6 is 0 Å². The Labute approximate surface area is 63.6 Å². The summed E-state index contributed by atoms with van der Waals surface area (Å²) in [6.45, 7) is 3.04. The van der Waals surface area contributed by atoms with Crippen LogP contribution in [0.1, 0.15) is 6.42 Å². The summed E-state index contributed by atoms with van der Waals surface area (Å²) in [5, 5.41) is 8.08. The maximum atomic E-state index is 10.3. The minimum atomic E-state index is -0.989. The molecule has 0 heterocycles. The summed E-state index contributed by atoms with van der Waals surface area (Å²) in [7, 11) is 0. The minimum absolute atomic E-state index is 0. The number of hydrogen-bond donors (Lipinski definition) is 1. The van der Waals surface area contributed by atoms with Crippen molar-refractivity contribution >= 4 is 11.9 Å². The van der Waals surface area contributed by atoms with Gasteiger partial charge in [-0.25, -0.2) is 4.79 Å². The van der Waals surface area contributed by atoms with Gasteiger partial charge in [-0.15, -0.1) is 0 Å². The van der Waals surface area contributed by atoms with Gasteiger partial charge in [0, 0.05) is 6.08 Å². The molecule has 0 aliphatic heterocycles. The Kier molecular flexibility index (Phi) is 7.57. The zero-order valence-electron chi connectivity index (χ0n) is 5.87. The van der Waals surface area contributed by atoms with E-state index in [1.165, 1.54) is 0 Å². The molecule has 0 fully saturated rings. The SMILES string of the molecule is C=CC(=O)OCCC(=O)O.O.